The Morgan fingerprint density at radius 1 is 1.11 bits per heavy atom. The molecule has 1 atom stereocenters. The van der Waals surface area contributed by atoms with Crippen molar-refractivity contribution in [3.63, 3.8) is 0 Å². The summed E-state index contributed by atoms with van der Waals surface area (Å²) in [5, 5.41) is 13.3. The number of nitrogens with one attached hydrogen (secondary N) is 1. The van der Waals surface area contributed by atoms with Gasteiger partial charge in [-0.15, -0.1) is 0 Å². The topological polar surface area (TPSA) is 35.8 Å². The third-order valence-corrected chi connectivity index (χ3v) is 3.41. The molecule has 0 aromatic heterocycles. The van der Waals surface area contributed by atoms with Gasteiger partial charge in [0, 0.05) is 16.8 Å². The summed E-state index contributed by atoms with van der Waals surface area (Å²) in [5.41, 5.74) is 2.49. The Morgan fingerprint density at radius 3 is 2.37 bits per heavy atom. The summed E-state index contributed by atoms with van der Waals surface area (Å²) in [5.74, 6) is 0. The van der Waals surface area contributed by atoms with E-state index in [1.165, 1.54) is 0 Å². The van der Waals surface area contributed by atoms with E-state index in [0.717, 1.165) is 16.3 Å². The minimum absolute atomic E-state index is 0.126. The Kier molecular flexibility index (Phi) is 4.31. The third-order valence-electron chi connectivity index (χ3n) is 2.84. The summed E-state index contributed by atoms with van der Waals surface area (Å²) in [6.07, 6.45) is 0. The number of benzene rings is 2. The van der Waals surface area contributed by atoms with Crippen molar-refractivity contribution < 1.29 is 0 Å². The average Bonchev–Trinajstić information content (AvgIpc) is 2.39. The van der Waals surface area contributed by atoms with Gasteiger partial charge >= 0.3 is 0 Å². The average molecular weight is 291 g/mol. The molecule has 2 aromatic carbocycles. The summed E-state index contributed by atoms with van der Waals surface area (Å²) in [6, 6.07) is 15.2. The Morgan fingerprint density at radius 2 is 1.79 bits per heavy atom. The van der Waals surface area contributed by atoms with E-state index in [2.05, 4.69) is 12.2 Å². The van der Waals surface area contributed by atoms with Gasteiger partial charge in [0.25, 0.3) is 0 Å². The Balaban J connectivity index is 2.15. The van der Waals surface area contributed by atoms with Crippen molar-refractivity contribution in [3.05, 3.63) is 63.6 Å². The number of rotatable bonds is 3. The molecule has 96 valence electrons. The molecule has 0 saturated heterocycles. The zero-order chi connectivity index (χ0) is 13.8. The maximum absolute atomic E-state index is 8.83. The maximum atomic E-state index is 8.83. The van der Waals surface area contributed by atoms with Crippen LogP contribution in [-0.2, 0) is 0 Å². The normalized spacial score (nSPS) is 11.7. The predicted molar refractivity (Wildman–Crippen MR) is 79.7 cm³/mol. The molecule has 19 heavy (non-hydrogen) atoms. The third kappa shape index (κ3) is 3.41. The lowest BCUT2D eigenvalue weighted by Gasteiger charge is -2.16. The minimum atomic E-state index is 0.126. The van der Waals surface area contributed by atoms with E-state index in [4.69, 9.17) is 28.5 Å². The number of hydrogen-bond acceptors (Lipinski definition) is 2. The molecule has 4 heteroatoms. The zero-order valence-corrected chi connectivity index (χ0v) is 11.8. The van der Waals surface area contributed by atoms with Crippen LogP contribution in [0.15, 0.2) is 42.5 Å². The van der Waals surface area contributed by atoms with Gasteiger partial charge in [0.2, 0.25) is 0 Å². The molecule has 0 aliphatic carbocycles. The smallest absolute Gasteiger partial charge is 0.101 e. The van der Waals surface area contributed by atoms with Crippen LogP contribution in [0, 0.1) is 11.3 Å². The lowest BCUT2D eigenvalue weighted by atomic mass is 10.1. The minimum Gasteiger partial charge on any atom is -0.378 e. The summed E-state index contributed by atoms with van der Waals surface area (Å²) in [6.45, 7) is 2.05. The first kappa shape index (κ1) is 13.7. The standard InChI is InChI=1S/C15H12Cl2N2/c1-10(11-2-5-13(16)6-3-11)19-14-7-4-12(9-18)15(17)8-14/h2-8,10,19H,1H3. The van der Waals surface area contributed by atoms with E-state index < -0.39 is 0 Å². The molecule has 2 rings (SSSR count). The summed E-state index contributed by atoms with van der Waals surface area (Å²) in [4.78, 5) is 0. The molecular formula is C15H12Cl2N2. The van der Waals surface area contributed by atoms with E-state index >= 15 is 0 Å². The van der Waals surface area contributed by atoms with Crippen molar-refractivity contribution in [2.45, 2.75) is 13.0 Å². The lowest BCUT2D eigenvalue weighted by Crippen LogP contribution is -2.06. The number of nitrogens with zero attached hydrogens (tertiary/aromatic N) is 1. The maximum Gasteiger partial charge on any atom is 0.101 e. The highest BCUT2D eigenvalue weighted by molar-refractivity contribution is 6.32. The second kappa shape index (κ2) is 5.97. The van der Waals surface area contributed by atoms with Gasteiger partial charge in [0.1, 0.15) is 6.07 Å². The molecule has 0 amide bonds. The fourth-order valence-electron chi connectivity index (χ4n) is 1.78. The molecule has 1 N–H and O–H groups in total. The number of nitriles is 1. The molecule has 0 fully saturated rings. The zero-order valence-electron chi connectivity index (χ0n) is 10.3. The van der Waals surface area contributed by atoms with Gasteiger partial charge in [-0.25, -0.2) is 0 Å². The van der Waals surface area contributed by atoms with Crippen LogP contribution in [0.3, 0.4) is 0 Å². The van der Waals surface area contributed by atoms with Crippen molar-refractivity contribution in [1.82, 2.24) is 0 Å². The summed E-state index contributed by atoms with van der Waals surface area (Å²) >= 11 is 11.9. The number of hydrogen-bond donors (Lipinski definition) is 1. The van der Waals surface area contributed by atoms with Crippen LogP contribution in [-0.4, -0.2) is 0 Å². The van der Waals surface area contributed by atoms with Crippen molar-refractivity contribution >= 4 is 28.9 Å². The van der Waals surface area contributed by atoms with E-state index in [1.54, 1.807) is 12.1 Å². The monoisotopic (exact) mass is 290 g/mol. The van der Waals surface area contributed by atoms with Crippen molar-refractivity contribution in [2.24, 2.45) is 0 Å². The van der Waals surface area contributed by atoms with Crippen LogP contribution in [0.1, 0.15) is 24.1 Å². The first-order valence-corrected chi connectivity index (χ1v) is 6.57. The first-order chi connectivity index (χ1) is 9.10. The van der Waals surface area contributed by atoms with Crippen LogP contribution in [0.5, 0.6) is 0 Å². The van der Waals surface area contributed by atoms with Crippen molar-refractivity contribution in [2.75, 3.05) is 5.32 Å². The van der Waals surface area contributed by atoms with Gasteiger partial charge in [-0.1, -0.05) is 35.3 Å². The highest BCUT2D eigenvalue weighted by Crippen LogP contribution is 2.24. The molecule has 0 aliphatic heterocycles. The second-order valence-electron chi connectivity index (χ2n) is 4.22. The lowest BCUT2D eigenvalue weighted by molar-refractivity contribution is 0.885. The highest BCUT2D eigenvalue weighted by Gasteiger charge is 2.07. The van der Waals surface area contributed by atoms with Crippen LogP contribution in [0.2, 0.25) is 10.0 Å². The van der Waals surface area contributed by atoms with E-state index in [0.29, 0.717) is 10.6 Å². The molecule has 0 saturated carbocycles. The fraction of sp³-hybridized carbons (Fsp3) is 0.133. The quantitative estimate of drug-likeness (QED) is 0.860. The van der Waals surface area contributed by atoms with E-state index in [9.17, 15) is 0 Å². The van der Waals surface area contributed by atoms with Gasteiger partial charge in [-0.2, -0.15) is 5.26 Å². The predicted octanol–water partition coefficient (Wildman–Crippen LogP) is 5.04. The molecule has 2 aromatic rings. The molecule has 0 spiro atoms. The van der Waals surface area contributed by atoms with Gasteiger partial charge in [-0.05, 0) is 42.8 Å². The molecule has 0 aliphatic rings. The SMILES string of the molecule is CC(Nc1ccc(C#N)c(Cl)c1)c1ccc(Cl)cc1. The second-order valence-corrected chi connectivity index (χ2v) is 5.07. The Bertz CT molecular complexity index is 615. The first-order valence-electron chi connectivity index (χ1n) is 5.82. The van der Waals surface area contributed by atoms with E-state index in [-0.39, 0.29) is 6.04 Å². The number of halogens is 2. The molecule has 2 nitrogen and oxygen atoms in total. The van der Waals surface area contributed by atoms with Crippen LogP contribution >= 0.6 is 23.2 Å². The Hall–Kier alpha value is -1.69. The van der Waals surface area contributed by atoms with Gasteiger partial charge in [0.05, 0.1) is 10.6 Å². The van der Waals surface area contributed by atoms with Crippen molar-refractivity contribution in [1.29, 1.82) is 5.26 Å². The van der Waals surface area contributed by atoms with Crippen molar-refractivity contribution in [3.8, 4) is 6.07 Å². The van der Waals surface area contributed by atoms with Crippen LogP contribution in [0.4, 0.5) is 5.69 Å². The Labute approximate surface area is 122 Å². The molecular weight excluding hydrogens is 279 g/mol. The van der Waals surface area contributed by atoms with E-state index in [1.807, 2.05) is 36.4 Å². The van der Waals surface area contributed by atoms with Gasteiger partial charge in [-0.3, -0.25) is 0 Å². The molecule has 1 unspecified atom stereocenters. The number of anilines is 1. The molecule has 0 heterocycles. The summed E-state index contributed by atoms with van der Waals surface area (Å²) < 4.78 is 0. The largest absolute Gasteiger partial charge is 0.378 e. The van der Waals surface area contributed by atoms with Crippen LogP contribution < -0.4 is 5.32 Å². The molecule has 0 radical (unpaired) electrons. The fourth-order valence-corrected chi connectivity index (χ4v) is 2.13. The highest BCUT2D eigenvalue weighted by atomic mass is 35.5. The van der Waals surface area contributed by atoms with Gasteiger partial charge in [0.15, 0.2) is 0 Å². The molecule has 0 bridgehead atoms. The van der Waals surface area contributed by atoms with Crippen LogP contribution in [0.25, 0.3) is 0 Å². The summed E-state index contributed by atoms with van der Waals surface area (Å²) in [7, 11) is 0. The van der Waals surface area contributed by atoms with Gasteiger partial charge < -0.3 is 5.32 Å².